The number of aromatic nitrogens is 3. The summed E-state index contributed by atoms with van der Waals surface area (Å²) in [6.45, 7) is 8.20. The fraction of sp³-hybridized carbons (Fsp3) is 0.438. The summed E-state index contributed by atoms with van der Waals surface area (Å²) in [6, 6.07) is 4.09. The van der Waals surface area contributed by atoms with Gasteiger partial charge < -0.3 is 5.73 Å². The molecule has 0 spiro atoms. The van der Waals surface area contributed by atoms with Gasteiger partial charge in [-0.3, -0.25) is 4.98 Å². The predicted molar refractivity (Wildman–Crippen MR) is 87.3 cm³/mol. The standard InChI is InChI=1S/C16H22N4S/c1-5-14(17)15(13-6-8-18-9-7-13)21-16-19-11(3)10(2)12(4)20-16/h6-9,14-15H,5,17H2,1-4H3. The summed E-state index contributed by atoms with van der Waals surface area (Å²) in [5.41, 5.74) is 10.7. The third-order valence-corrected chi connectivity index (χ3v) is 5.01. The maximum Gasteiger partial charge on any atom is 0.188 e. The van der Waals surface area contributed by atoms with Crippen LogP contribution in [0, 0.1) is 20.8 Å². The van der Waals surface area contributed by atoms with Gasteiger partial charge in [-0.05, 0) is 50.5 Å². The molecule has 2 N–H and O–H groups in total. The lowest BCUT2D eigenvalue weighted by molar-refractivity contribution is 0.631. The molecule has 5 heteroatoms. The van der Waals surface area contributed by atoms with Crippen LogP contribution in [0.3, 0.4) is 0 Å². The third kappa shape index (κ3) is 3.80. The van der Waals surface area contributed by atoms with Crippen molar-refractivity contribution in [2.24, 2.45) is 5.73 Å². The lowest BCUT2D eigenvalue weighted by atomic mass is 10.1. The van der Waals surface area contributed by atoms with E-state index in [-0.39, 0.29) is 11.3 Å². The van der Waals surface area contributed by atoms with E-state index in [1.165, 1.54) is 5.56 Å². The normalized spacial score (nSPS) is 14.0. The van der Waals surface area contributed by atoms with Crippen LogP contribution in [-0.4, -0.2) is 21.0 Å². The first-order valence-electron chi connectivity index (χ1n) is 7.17. The molecule has 0 saturated heterocycles. The first-order chi connectivity index (χ1) is 10.0. The second-order valence-electron chi connectivity index (χ2n) is 5.19. The van der Waals surface area contributed by atoms with Crippen molar-refractivity contribution in [1.29, 1.82) is 0 Å². The number of nitrogens with zero attached hydrogens (tertiary/aromatic N) is 3. The van der Waals surface area contributed by atoms with E-state index >= 15 is 0 Å². The Hall–Kier alpha value is -1.46. The van der Waals surface area contributed by atoms with Gasteiger partial charge >= 0.3 is 0 Å². The van der Waals surface area contributed by atoms with Crippen LogP contribution >= 0.6 is 11.8 Å². The Kier molecular flexibility index (Phi) is 5.31. The van der Waals surface area contributed by atoms with E-state index < -0.39 is 0 Å². The summed E-state index contributed by atoms with van der Waals surface area (Å²) >= 11 is 1.64. The highest BCUT2D eigenvalue weighted by Gasteiger charge is 2.21. The van der Waals surface area contributed by atoms with Crippen molar-refractivity contribution in [1.82, 2.24) is 15.0 Å². The highest BCUT2D eigenvalue weighted by molar-refractivity contribution is 7.99. The Labute approximate surface area is 130 Å². The van der Waals surface area contributed by atoms with Crippen molar-refractivity contribution in [3.8, 4) is 0 Å². The molecule has 2 unspecified atom stereocenters. The molecule has 21 heavy (non-hydrogen) atoms. The van der Waals surface area contributed by atoms with Crippen LogP contribution in [0.4, 0.5) is 0 Å². The molecule has 0 bridgehead atoms. The van der Waals surface area contributed by atoms with Gasteiger partial charge in [0.05, 0.1) is 5.25 Å². The maximum atomic E-state index is 6.31. The summed E-state index contributed by atoms with van der Waals surface area (Å²) in [6.07, 6.45) is 4.51. The molecule has 0 saturated carbocycles. The number of nitrogens with two attached hydrogens (primary N) is 1. The average Bonchev–Trinajstić information content (AvgIpc) is 2.50. The van der Waals surface area contributed by atoms with Crippen molar-refractivity contribution >= 4 is 11.8 Å². The molecule has 4 nitrogen and oxygen atoms in total. The molecular formula is C16H22N4S. The first-order valence-corrected chi connectivity index (χ1v) is 8.05. The molecule has 0 aliphatic rings. The number of pyridine rings is 1. The van der Waals surface area contributed by atoms with Crippen LogP contribution < -0.4 is 5.73 Å². The minimum absolute atomic E-state index is 0.0583. The Morgan fingerprint density at radius 1 is 1.10 bits per heavy atom. The molecule has 2 rings (SSSR count). The van der Waals surface area contributed by atoms with E-state index in [1.807, 2.05) is 26.0 Å². The van der Waals surface area contributed by atoms with E-state index in [9.17, 15) is 0 Å². The molecule has 112 valence electrons. The monoisotopic (exact) mass is 302 g/mol. The Morgan fingerprint density at radius 2 is 1.67 bits per heavy atom. The minimum atomic E-state index is 0.0583. The molecule has 2 atom stereocenters. The highest BCUT2D eigenvalue weighted by Crippen LogP contribution is 2.36. The lowest BCUT2D eigenvalue weighted by Gasteiger charge is -2.22. The highest BCUT2D eigenvalue weighted by atomic mass is 32.2. The van der Waals surface area contributed by atoms with Gasteiger partial charge in [0.15, 0.2) is 5.16 Å². The summed E-state index contributed by atoms with van der Waals surface area (Å²) in [4.78, 5) is 13.3. The van der Waals surface area contributed by atoms with Gasteiger partial charge in [-0.1, -0.05) is 18.7 Å². The van der Waals surface area contributed by atoms with Gasteiger partial charge in [0.25, 0.3) is 0 Å². The van der Waals surface area contributed by atoms with Crippen molar-refractivity contribution in [3.05, 3.63) is 47.0 Å². The second-order valence-corrected chi connectivity index (χ2v) is 6.30. The summed E-state index contributed by atoms with van der Waals surface area (Å²) in [7, 11) is 0. The molecule has 2 aromatic heterocycles. The molecular weight excluding hydrogens is 280 g/mol. The molecule has 2 heterocycles. The van der Waals surface area contributed by atoms with Crippen molar-refractivity contribution in [3.63, 3.8) is 0 Å². The Bertz CT molecular complexity index is 577. The second kappa shape index (κ2) is 7.00. The lowest BCUT2D eigenvalue weighted by Crippen LogP contribution is -2.26. The SMILES string of the molecule is CCC(N)C(Sc1nc(C)c(C)c(C)n1)c1ccncc1. The zero-order valence-corrected chi connectivity index (χ0v) is 13.8. The molecule has 0 radical (unpaired) electrons. The molecule has 0 fully saturated rings. The molecule has 2 aromatic rings. The largest absolute Gasteiger partial charge is 0.326 e. The number of hydrogen-bond acceptors (Lipinski definition) is 5. The zero-order valence-electron chi connectivity index (χ0n) is 13.0. The number of hydrogen-bond donors (Lipinski definition) is 1. The van der Waals surface area contributed by atoms with Crippen molar-refractivity contribution in [2.45, 2.75) is 50.6 Å². The Morgan fingerprint density at radius 3 is 2.19 bits per heavy atom. The van der Waals surface area contributed by atoms with E-state index in [0.29, 0.717) is 0 Å². The van der Waals surface area contributed by atoms with Crippen molar-refractivity contribution in [2.75, 3.05) is 0 Å². The molecule has 0 aromatic carbocycles. The topological polar surface area (TPSA) is 64.7 Å². The summed E-state index contributed by atoms with van der Waals surface area (Å²) < 4.78 is 0. The number of aryl methyl sites for hydroxylation is 2. The third-order valence-electron chi connectivity index (χ3n) is 3.74. The van der Waals surface area contributed by atoms with Gasteiger partial charge in [0.1, 0.15) is 0 Å². The zero-order chi connectivity index (χ0) is 15.4. The van der Waals surface area contributed by atoms with Crippen LogP contribution in [0.25, 0.3) is 0 Å². The predicted octanol–water partition coefficient (Wildman–Crippen LogP) is 3.37. The fourth-order valence-electron chi connectivity index (χ4n) is 2.08. The fourth-order valence-corrected chi connectivity index (χ4v) is 3.34. The Balaban J connectivity index is 2.32. The van der Waals surface area contributed by atoms with Crippen LogP contribution in [0.5, 0.6) is 0 Å². The average molecular weight is 302 g/mol. The van der Waals surface area contributed by atoms with E-state index in [2.05, 4.69) is 28.8 Å². The summed E-state index contributed by atoms with van der Waals surface area (Å²) in [5.74, 6) is 0. The van der Waals surface area contributed by atoms with E-state index in [4.69, 9.17) is 5.73 Å². The molecule has 0 amide bonds. The van der Waals surface area contributed by atoms with Gasteiger partial charge in [-0.25, -0.2) is 9.97 Å². The molecule has 0 aliphatic carbocycles. The molecule has 0 aliphatic heterocycles. The van der Waals surface area contributed by atoms with Gasteiger partial charge in [0.2, 0.25) is 0 Å². The quantitative estimate of drug-likeness (QED) is 0.677. The number of rotatable bonds is 5. The minimum Gasteiger partial charge on any atom is -0.326 e. The first kappa shape index (κ1) is 15.9. The van der Waals surface area contributed by atoms with E-state index in [1.54, 1.807) is 24.2 Å². The van der Waals surface area contributed by atoms with Crippen molar-refractivity contribution < 1.29 is 0 Å². The van der Waals surface area contributed by atoms with Crippen LogP contribution in [-0.2, 0) is 0 Å². The van der Waals surface area contributed by atoms with Crippen LogP contribution in [0.15, 0.2) is 29.7 Å². The van der Waals surface area contributed by atoms with Crippen LogP contribution in [0.2, 0.25) is 0 Å². The van der Waals surface area contributed by atoms with Gasteiger partial charge in [-0.2, -0.15) is 0 Å². The van der Waals surface area contributed by atoms with Gasteiger partial charge in [0, 0.05) is 29.8 Å². The maximum absolute atomic E-state index is 6.31. The summed E-state index contributed by atoms with van der Waals surface area (Å²) in [5, 5.41) is 0.931. The number of thioether (sulfide) groups is 1. The smallest absolute Gasteiger partial charge is 0.188 e. The van der Waals surface area contributed by atoms with Gasteiger partial charge in [-0.15, -0.1) is 0 Å². The van der Waals surface area contributed by atoms with E-state index in [0.717, 1.165) is 28.5 Å². The van der Waals surface area contributed by atoms with Crippen LogP contribution in [0.1, 0.15) is 41.1 Å².